The molecule has 0 aliphatic carbocycles. The molecule has 25 heavy (non-hydrogen) atoms. The fourth-order valence-corrected chi connectivity index (χ4v) is 3.06. The standard InChI is InChI=1S/C20H26N2O3/c1-14(2)3-9-19-21-17-13-22(12-11-18(17)25-19)20(24)10-6-15-4-7-16(23)8-5-15/h4-5,7-8,14,23H,3,6,9-13H2,1-2H3. The Labute approximate surface area is 148 Å². The predicted octanol–water partition coefficient (Wildman–Crippen LogP) is 3.49. The summed E-state index contributed by atoms with van der Waals surface area (Å²) in [5.74, 6) is 2.77. The van der Waals surface area contributed by atoms with E-state index in [1.165, 1.54) is 0 Å². The van der Waals surface area contributed by atoms with Gasteiger partial charge in [0, 0.05) is 25.8 Å². The number of rotatable bonds is 6. The van der Waals surface area contributed by atoms with Crippen molar-refractivity contribution in [1.29, 1.82) is 0 Å². The van der Waals surface area contributed by atoms with E-state index in [0.717, 1.165) is 42.2 Å². The molecule has 0 unspecified atom stereocenters. The molecule has 1 aromatic heterocycles. The maximum Gasteiger partial charge on any atom is 0.223 e. The van der Waals surface area contributed by atoms with Gasteiger partial charge in [-0.25, -0.2) is 4.98 Å². The van der Waals surface area contributed by atoms with E-state index in [-0.39, 0.29) is 11.7 Å². The first-order chi connectivity index (χ1) is 12.0. The lowest BCUT2D eigenvalue weighted by Crippen LogP contribution is -2.35. The first kappa shape index (κ1) is 17.5. The molecule has 134 valence electrons. The Bertz CT molecular complexity index is 719. The van der Waals surface area contributed by atoms with Crippen LogP contribution in [-0.2, 0) is 30.6 Å². The second-order valence-corrected chi connectivity index (χ2v) is 7.14. The van der Waals surface area contributed by atoms with Gasteiger partial charge in [0.1, 0.15) is 17.2 Å². The smallest absolute Gasteiger partial charge is 0.223 e. The van der Waals surface area contributed by atoms with Crippen LogP contribution < -0.4 is 0 Å². The van der Waals surface area contributed by atoms with Gasteiger partial charge in [-0.3, -0.25) is 4.79 Å². The number of phenolic OH excluding ortho intramolecular Hbond substituents is 1. The number of hydrogen-bond donors (Lipinski definition) is 1. The normalized spacial score (nSPS) is 14.0. The molecule has 1 aliphatic heterocycles. The number of aromatic nitrogens is 1. The van der Waals surface area contributed by atoms with E-state index in [4.69, 9.17) is 4.42 Å². The lowest BCUT2D eigenvalue weighted by atomic mass is 10.1. The quantitative estimate of drug-likeness (QED) is 0.873. The van der Waals surface area contributed by atoms with Crippen LogP contribution in [0.2, 0.25) is 0 Å². The Morgan fingerprint density at radius 2 is 2.04 bits per heavy atom. The number of nitrogens with zero attached hydrogens (tertiary/aromatic N) is 2. The van der Waals surface area contributed by atoms with Gasteiger partial charge in [0.05, 0.1) is 6.54 Å². The van der Waals surface area contributed by atoms with E-state index < -0.39 is 0 Å². The van der Waals surface area contributed by atoms with E-state index >= 15 is 0 Å². The number of carbonyl (C=O) groups is 1. The lowest BCUT2D eigenvalue weighted by molar-refractivity contribution is -0.132. The van der Waals surface area contributed by atoms with Crippen molar-refractivity contribution in [2.75, 3.05) is 6.54 Å². The Kier molecular flexibility index (Phi) is 5.41. The van der Waals surface area contributed by atoms with Crippen LogP contribution in [0.5, 0.6) is 5.75 Å². The van der Waals surface area contributed by atoms with Gasteiger partial charge in [0.25, 0.3) is 0 Å². The van der Waals surface area contributed by atoms with Crippen molar-refractivity contribution in [3.05, 3.63) is 47.2 Å². The van der Waals surface area contributed by atoms with Crippen molar-refractivity contribution in [3.8, 4) is 5.75 Å². The van der Waals surface area contributed by atoms with Gasteiger partial charge in [0.15, 0.2) is 5.89 Å². The van der Waals surface area contributed by atoms with Crippen LogP contribution >= 0.6 is 0 Å². The van der Waals surface area contributed by atoms with Gasteiger partial charge in [-0.2, -0.15) is 0 Å². The lowest BCUT2D eigenvalue weighted by Gasteiger charge is -2.25. The number of aromatic hydroxyl groups is 1. The number of oxazole rings is 1. The number of hydrogen-bond acceptors (Lipinski definition) is 4. The van der Waals surface area contributed by atoms with Crippen LogP contribution in [0.3, 0.4) is 0 Å². The molecule has 2 aromatic rings. The molecule has 3 rings (SSSR count). The molecular formula is C20H26N2O3. The summed E-state index contributed by atoms with van der Waals surface area (Å²) in [6.07, 6.45) is 3.82. The number of amides is 1. The van der Waals surface area contributed by atoms with E-state index in [2.05, 4.69) is 18.8 Å². The largest absolute Gasteiger partial charge is 0.508 e. The minimum absolute atomic E-state index is 0.144. The highest BCUT2D eigenvalue weighted by Crippen LogP contribution is 2.22. The Hall–Kier alpha value is -2.30. The van der Waals surface area contributed by atoms with Crippen LogP contribution in [0.4, 0.5) is 0 Å². The Morgan fingerprint density at radius 3 is 2.76 bits per heavy atom. The molecule has 0 saturated heterocycles. The molecule has 1 aromatic carbocycles. The van der Waals surface area contributed by atoms with Crippen molar-refractivity contribution in [2.24, 2.45) is 5.92 Å². The van der Waals surface area contributed by atoms with E-state index in [1.54, 1.807) is 12.1 Å². The Morgan fingerprint density at radius 1 is 1.28 bits per heavy atom. The zero-order valence-corrected chi connectivity index (χ0v) is 15.0. The van der Waals surface area contributed by atoms with Gasteiger partial charge in [0.2, 0.25) is 5.91 Å². The third-order valence-electron chi connectivity index (χ3n) is 4.62. The molecule has 1 amide bonds. The van der Waals surface area contributed by atoms with E-state index in [9.17, 15) is 9.90 Å². The zero-order valence-electron chi connectivity index (χ0n) is 15.0. The summed E-state index contributed by atoms with van der Waals surface area (Å²) in [5, 5.41) is 9.31. The van der Waals surface area contributed by atoms with Crippen LogP contribution in [0.15, 0.2) is 28.7 Å². The van der Waals surface area contributed by atoms with Gasteiger partial charge in [-0.15, -0.1) is 0 Å². The maximum absolute atomic E-state index is 12.5. The molecule has 5 nitrogen and oxygen atoms in total. The second kappa shape index (κ2) is 7.72. The summed E-state index contributed by atoms with van der Waals surface area (Å²) in [6, 6.07) is 7.02. The molecule has 0 radical (unpaired) electrons. The number of phenols is 1. The number of fused-ring (bicyclic) bond motifs is 1. The molecule has 0 atom stereocenters. The average Bonchev–Trinajstić information content (AvgIpc) is 3.01. The number of carbonyl (C=O) groups excluding carboxylic acids is 1. The first-order valence-corrected chi connectivity index (χ1v) is 9.04. The van der Waals surface area contributed by atoms with E-state index in [0.29, 0.717) is 31.8 Å². The SMILES string of the molecule is CC(C)CCc1nc2c(o1)CCN(C(=O)CCc1ccc(O)cc1)C2. The molecule has 0 bridgehead atoms. The first-order valence-electron chi connectivity index (χ1n) is 9.04. The maximum atomic E-state index is 12.5. The molecule has 0 spiro atoms. The summed E-state index contributed by atoms with van der Waals surface area (Å²) in [4.78, 5) is 19.0. The molecule has 5 heteroatoms. The summed E-state index contributed by atoms with van der Waals surface area (Å²) in [7, 11) is 0. The van der Waals surface area contributed by atoms with Gasteiger partial charge >= 0.3 is 0 Å². The van der Waals surface area contributed by atoms with Crippen LogP contribution in [0.1, 0.15) is 49.6 Å². The molecule has 2 heterocycles. The van der Waals surface area contributed by atoms with Crippen molar-refractivity contribution in [2.45, 2.75) is 52.5 Å². The monoisotopic (exact) mass is 342 g/mol. The van der Waals surface area contributed by atoms with Crippen molar-refractivity contribution < 1.29 is 14.3 Å². The summed E-state index contributed by atoms with van der Waals surface area (Å²) in [5.41, 5.74) is 1.98. The summed E-state index contributed by atoms with van der Waals surface area (Å²) in [6.45, 7) is 5.63. The summed E-state index contributed by atoms with van der Waals surface area (Å²) >= 11 is 0. The van der Waals surface area contributed by atoms with Crippen LogP contribution in [-0.4, -0.2) is 27.4 Å². The summed E-state index contributed by atoms with van der Waals surface area (Å²) < 4.78 is 5.85. The highest BCUT2D eigenvalue weighted by atomic mass is 16.4. The van der Waals surface area contributed by atoms with Crippen molar-refractivity contribution in [1.82, 2.24) is 9.88 Å². The highest BCUT2D eigenvalue weighted by molar-refractivity contribution is 5.76. The van der Waals surface area contributed by atoms with Gasteiger partial charge in [-0.1, -0.05) is 26.0 Å². The van der Waals surface area contributed by atoms with Crippen LogP contribution in [0.25, 0.3) is 0 Å². The zero-order chi connectivity index (χ0) is 17.8. The van der Waals surface area contributed by atoms with Crippen molar-refractivity contribution >= 4 is 5.91 Å². The minimum atomic E-state index is 0.144. The number of benzene rings is 1. The highest BCUT2D eigenvalue weighted by Gasteiger charge is 2.25. The molecular weight excluding hydrogens is 316 g/mol. The van der Waals surface area contributed by atoms with Gasteiger partial charge in [-0.05, 0) is 36.5 Å². The number of aryl methyl sites for hydroxylation is 2. The molecule has 0 saturated carbocycles. The molecule has 1 aliphatic rings. The molecule has 0 fully saturated rings. The topological polar surface area (TPSA) is 66.6 Å². The third kappa shape index (κ3) is 4.62. The fourth-order valence-electron chi connectivity index (χ4n) is 3.06. The Balaban J connectivity index is 1.54. The average molecular weight is 342 g/mol. The third-order valence-corrected chi connectivity index (χ3v) is 4.62. The van der Waals surface area contributed by atoms with Crippen molar-refractivity contribution in [3.63, 3.8) is 0 Å². The van der Waals surface area contributed by atoms with E-state index in [1.807, 2.05) is 17.0 Å². The predicted molar refractivity (Wildman–Crippen MR) is 95.2 cm³/mol. The molecule has 1 N–H and O–H groups in total. The fraction of sp³-hybridized carbons (Fsp3) is 0.500. The van der Waals surface area contributed by atoms with Gasteiger partial charge < -0.3 is 14.4 Å². The van der Waals surface area contributed by atoms with Crippen LogP contribution in [0, 0.1) is 5.92 Å². The minimum Gasteiger partial charge on any atom is -0.508 e. The second-order valence-electron chi connectivity index (χ2n) is 7.14.